The van der Waals surface area contributed by atoms with Crippen molar-refractivity contribution in [3.8, 4) is 38.1 Å². The second kappa shape index (κ2) is 20.3. The van der Waals surface area contributed by atoms with Crippen LogP contribution in [0.15, 0.2) is 77.2 Å². The average Bonchev–Trinajstić information content (AvgIpc) is 4.11. The van der Waals surface area contributed by atoms with Gasteiger partial charge in [-0.15, -0.1) is 32.9 Å². The lowest BCUT2D eigenvalue weighted by Crippen LogP contribution is -2.58. The first-order valence-electron chi connectivity index (χ1n) is 23.0. The van der Waals surface area contributed by atoms with Crippen LogP contribution in [0.2, 0.25) is 0 Å². The maximum atomic E-state index is 14.3. The number of carbonyl (C=O) groups is 4. The molecule has 366 valence electrons. The number of ether oxygens (including phenoxy) is 3. The molecule has 0 saturated carbocycles. The molecule has 3 amide bonds. The normalized spacial score (nSPS) is 17.4. The Balaban J connectivity index is 0.934. The first-order valence-corrected chi connectivity index (χ1v) is 24.7. The molecule has 2 aliphatic rings. The highest BCUT2D eigenvalue weighted by Crippen LogP contribution is 2.41. The number of aryl methyl sites for hydroxylation is 3. The maximum absolute atomic E-state index is 14.3. The molecule has 0 bridgehead atoms. The van der Waals surface area contributed by atoms with Crippen LogP contribution >= 0.6 is 22.7 Å². The van der Waals surface area contributed by atoms with Crippen molar-refractivity contribution in [2.45, 2.75) is 98.5 Å². The second-order valence-electron chi connectivity index (χ2n) is 18.8. The second-order valence-corrected chi connectivity index (χ2v) is 20.8. The number of thiophene rings is 1. The summed E-state index contributed by atoms with van der Waals surface area (Å²) in [4.78, 5) is 67.3. The van der Waals surface area contributed by atoms with Crippen molar-refractivity contribution in [2.24, 2.45) is 10.4 Å². The van der Waals surface area contributed by atoms with Gasteiger partial charge in [0.25, 0.3) is 5.91 Å². The molecule has 18 heteroatoms. The van der Waals surface area contributed by atoms with E-state index in [9.17, 15) is 24.3 Å². The quantitative estimate of drug-likeness (QED) is 0.0910. The SMILES string of the molecule is COC(=O)C[C@@H]1N=C(c2ccc(-c3ccc(OCC(=O)N[C@H](C(=O)N4C[C@H](O)C[C@H]4C(=O)N[C@@H](C)c4ccc(-c5scnc5C)cc4)C(C)(C)C)cc3OC)cc2)c2c(sc(C)c2C)-n2c(C)nnc21. The topological polar surface area (TPSA) is 199 Å². The molecule has 5 atom stereocenters. The zero-order valence-electron chi connectivity index (χ0n) is 40.9. The van der Waals surface area contributed by atoms with E-state index in [1.54, 1.807) is 41.9 Å². The standard InChI is InChI=1S/C52H58N8O8S2/c1-27-30(4)70-51-44(27)45(55-39(23-43(63)67-10)48-58-57-31(5)60(48)51)34-15-13-33(14-16-34)38-20-19-37(22-41(38)66-9)68-25-42(62)56-47(52(6,7)8)50(65)59-24-36(61)21-40(59)49(64)54-28(2)32-11-17-35(18-12-32)46-29(3)53-26-69-46/h11-20,22,26,28,36,39-40,47,61H,21,23-25H2,1-10H3,(H,54,64)(H,56,62)/t28-,36+,39-,40-,47+/m0/s1. The van der Waals surface area contributed by atoms with Crippen LogP contribution in [-0.2, 0) is 23.9 Å². The van der Waals surface area contributed by atoms with Crippen LogP contribution in [0.25, 0.3) is 26.6 Å². The number of hydrogen-bond acceptors (Lipinski definition) is 14. The molecular weight excluding hydrogens is 929 g/mol. The molecule has 2 aliphatic heterocycles. The highest BCUT2D eigenvalue weighted by Gasteiger charge is 2.45. The number of amides is 3. The van der Waals surface area contributed by atoms with Gasteiger partial charge in [-0.1, -0.05) is 69.3 Å². The summed E-state index contributed by atoms with van der Waals surface area (Å²) in [6, 6.07) is 18.2. The van der Waals surface area contributed by atoms with Crippen LogP contribution in [0.3, 0.4) is 0 Å². The fraction of sp³-hybridized carbons (Fsp3) is 0.385. The fourth-order valence-electron chi connectivity index (χ4n) is 8.94. The van der Waals surface area contributed by atoms with E-state index in [-0.39, 0.29) is 31.3 Å². The van der Waals surface area contributed by atoms with E-state index in [1.807, 2.05) is 106 Å². The lowest BCUT2D eigenvalue weighted by Gasteiger charge is -2.35. The monoisotopic (exact) mass is 986 g/mol. The zero-order chi connectivity index (χ0) is 50.2. The first kappa shape index (κ1) is 49.7. The molecule has 1 fully saturated rings. The summed E-state index contributed by atoms with van der Waals surface area (Å²) in [5.74, 6) is 0.351. The Labute approximate surface area is 415 Å². The Hall–Kier alpha value is -6.76. The number of rotatable bonds is 14. The summed E-state index contributed by atoms with van der Waals surface area (Å²) in [7, 11) is 2.91. The molecule has 0 aliphatic carbocycles. The predicted octanol–water partition coefficient (Wildman–Crippen LogP) is 7.57. The van der Waals surface area contributed by atoms with Gasteiger partial charge in [0.2, 0.25) is 11.8 Å². The number of aliphatic hydroxyl groups excluding tert-OH is 1. The molecule has 1 saturated heterocycles. The number of nitrogens with one attached hydrogen (secondary N) is 2. The van der Waals surface area contributed by atoms with Crippen LogP contribution < -0.4 is 20.1 Å². The number of methoxy groups -OCH3 is 2. The van der Waals surface area contributed by atoms with Crippen molar-refractivity contribution in [3.05, 3.63) is 117 Å². The van der Waals surface area contributed by atoms with Gasteiger partial charge in [-0.25, -0.2) is 4.98 Å². The minimum atomic E-state index is -1.03. The van der Waals surface area contributed by atoms with Gasteiger partial charge >= 0.3 is 5.97 Å². The molecule has 0 radical (unpaired) electrons. The molecule has 6 aromatic rings. The number of hydrogen-bond donors (Lipinski definition) is 3. The fourth-order valence-corrected chi connectivity index (χ4v) is 11.0. The molecule has 16 nitrogen and oxygen atoms in total. The van der Waals surface area contributed by atoms with Gasteiger partial charge in [-0.05, 0) is 74.4 Å². The third-order valence-corrected chi connectivity index (χ3v) is 15.1. The summed E-state index contributed by atoms with van der Waals surface area (Å²) in [5, 5.41) is 26.4. The van der Waals surface area contributed by atoms with E-state index < -0.39 is 54.0 Å². The zero-order valence-corrected chi connectivity index (χ0v) is 42.6. The number of nitrogens with zero attached hydrogens (tertiary/aromatic N) is 6. The van der Waals surface area contributed by atoms with Crippen molar-refractivity contribution in [1.82, 2.24) is 35.3 Å². The maximum Gasteiger partial charge on any atom is 0.308 e. The number of β-amino-alcohol motifs (C(OH)–C–C–N with tert-alkyl or cyclic N) is 1. The highest BCUT2D eigenvalue weighted by molar-refractivity contribution is 7.15. The van der Waals surface area contributed by atoms with Gasteiger partial charge in [-0.3, -0.25) is 28.7 Å². The molecule has 8 rings (SSSR count). The molecule has 0 spiro atoms. The number of esters is 1. The Morgan fingerprint density at radius 2 is 1.61 bits per heavy atom. The van der Waals surface area contributed by atoms with Crippen LogP contribution in [0.1, 0.15) is 97.1 Å². The molecule has 5 heterocycles. The van der Waals surface area contributed by atoms with Gasteiger partial charge in [0.05, 0.1) is 54.6 Å². The van der Waals surface area contributed by atoms with Crippen LogP contribution in [-0.4, -0.2) is 105 Å². The molecular formula is C52H58N8O8S2. The van der Waals surface area contributed by atoms with Crippen molar-refractivity contribution in [2.75, 3.05) is 27.4 Å². The van der Waals surface area contributed by atoms with Crippen LogP contribution in [0.4, 0.5) is 0 Å². The summed E-state index contributed by atoms with van der Waals surface area (Å²) in [6.45, 7) is 14.9. The third kappa shape index (κ3) is 10.1. The van der Waals surface area contributed by atoms with Crippen molar-refractivity contribution in [3.63, 3.8) is 0 Å². The van der Waals surface area contributed by atoms with Gasteiger partial charge in [0, 0.05) is 40.6 Å². The Morgan fingerprint density at radius 3 is 2.27 bits per heavy atom. The number of aliphatic hydroxyl groups is 1. The van der Waals surface area contributed by atoms with E-state index in [1.165, 1.54) is 12.0 Å². The van der Waals surface area contributed by atoms with Crippen LogP contribution in [0.5, 0.6) is 11.5 Å². The van der Waals surface area contributed by atoms with Crippen molar-refractivity contribution < 1.29 is 38.5 Å². The van der Waals surface area contributed by atoms with E-state index in [0.717, 1.165) is 65.1 Å². The van der Waals surface area contributed by atoms with E-state index in [0.29, 0.717) is 23.1 Å². The lowest BCUT2D eigenvalue weighted by atomic mass is 9.85. The Kier molecular flexibility index (Phi) is 14.4. The van der Waals surface area contributed by atoms with Gasteiger partial charge in [-0.2, -0.15) is 0 Å². The number of likely N-dealkylation sites (tertiary alicyclic amines) is 1. The predicted molar refractivity (Wildman–Crippen MR) is 269 cm³/mol. The molecule has 0 unspecified atom stereocenters. The van der Waals surface area contributed by atoms with E-state index >= 15 is 0 Å². The number of fused-ring (bicyclic) bond motifs is 3. The molecule has 3 N–H and O–H groups in total. The number of aromatic nitrogens is 4. The summed E-state index contributed by atoms with van der Waals surface area (Å²) >= 11 is 3.20. The molecule has 70 heavy (non-hydrogen) atoms. The summed E-state index contributed by atoms with van der Waals surface area (Å²) in [6.07, 6.45) is -0.840. The van der Waals surface area contributed by atoms with Gasteiger partial charge in [0.1, 0.15) is 40.5 Å². The number of carbonyl (C=O) groups excluding carboxylic acids is 4. The minimum absolute atomic E-state index is 0.00206. The minimum Gasteiger partial charge on any atom is -0.496 e. The number of thiazole rings is 1. The summed E-state index contributed by atoms with van der Waals surface area (Å²) < 4.78 is 18.8. The van der Waals surface area contributed by atoms with Gasteiger partial charge < -0.3 is 34.9 Å². The largest absolute Gasteiger partial charge is 0.496 e. The van der Waals surface area contributed by atoms with Crippen molar-refractivity contribution >= 4 is 52.1 Å². The average molecular weight is 987 g/mol. The van der Waals surface area contributed by atoms with E-state index in [4.69, 9.17) is 19.2 Å². The number of benzene rings is 3. The molecule has 3 aromatic heterocycles. The first-order chi connectivity index (χ1) is 33.4. The van der Waals surface area contributed by atoms with E-state index in [2.05, 4.69) is 39.7 Å². The Morgan fingerprint density at radius 1 is 0.914 bits per heavy atom. The Bertz CT molecular complexity index is 2970. The lowest BCUT2D eigenvalue weighted by molar-refractivity contribution is -0.144. The van der Waals surface area contributed by atoms with Crippen LogP contribution in [0, 0.1) is 33.1 Å². The highest BCUT2D eigenvalue weighted by atomic mass is 32.1. The summed E-state index contributed by atoms with van der Waals surface area (Å²) in [5.41, 5.74) is 9.20. The number of aliphatic imine (C=N–C) groups is 1. The third-order valence-electron chi connectivity index (χ3n) is 12.9. The van der Waals surface area contributed by atoms with Gasteiger partial charge in [0.15, 0.2) is 12.4 Å². The molecule has 3 aromatic carbocycles. The van der Waals surface area contributed by atoms with Crippen molar-refractivity contribution in [1.29, 1.82) is 0 Å². The smallest absolute Gasteiger partial charge is 0.308 e.